The molecule has 0 saturated carbocycles. The summed E-state index contributed by atoms with van der Waals surface area (Å²) >= 11 is 3.58. The van der Waals surface area contributed by atoms with E-state index in [4.69, 9.17) is 11.1 Å². The molecule has 98 valence electrons. The predicted octanol–water partition coefficient (Wildman–Crippen LogP) is 1.87. The fraction of sp³-hybridized carbons (Fsp3) is 0.462. The lowest BCUT2D eigenvalue weighted by Crippen LogP contribution is -2.50. The highest BCUT2D eigenvalue weighted by molar-refractivity contribution is 9.10. The number of rotatable bonds is 2. The molecule has 2 rings (SSSR count). The van der Waals surface area contributed by atoms with Gasteiger partial charge in [-0.05, 0) is 48.1 Å². The molecule has 0 aromatic heterocycles. The van der Waals surface area contributed by atoms with Crippen molar-refractivity contribution >= 4 is 27.5 Å². The highest BCUT2D eigenvalue weighted by Gasteiger charge is 2.22. The van der Waals surface area contributed by atoms with Gasteiger partial charge >= 0.3 is 0 Å². The van der Waals surface area contributed by atoms with Gasteiger partial charge in [0.25, 0.3) is 0 Å². The zero-order valence-corrected chi connectivity index (χ0v) is 12.4. The maximum atomic E-state index is 7.44. The molecule has 1 aliphatic heterocycles. The topological polar surface area (TPSA) is 56.4 Å². The number of hydrogen-bond donors (Lipinski definition) is 2. The number of nitrogens with zero attached hydrogens (tertiary/aromatic N) is 2. The molecule has 1 atom stereocenters. The number of nitrogen functional groups attached to an aromatic ring is 1. The van der Waals surface area contributed by atoms with E-state index in [1.54, 1.807) is 0 Å². The van der Waals surface area contributed by atoms with E-state index in [0.29, 0.717) is 6.04 Å². The number of benzene rings is 1. The van der Waals surface area contributed by atoms with E-state index in [1.165, 1.54) is 5.69 Å². The lowest BCUT2D eigenvalue weighted by molar-refractivity contribution is 0.234. The fourth-order valence-electron chi connectivity index (χ4n) is 2.20. The second-order valence-electron chi connectivity index (χ2n) is 4.86. The number of piperazine rings is 1. The van der Waals surface area contributed by atoms with Gasteiger partial charge in [-0.3, -0.25) is 5.41 Å². The average molecular weight is 311 g/mol. The highest BCUT2D eigenvalue weighted by atomic mass is 79.9. The van der Waals surface area contributed by atoms with Gasteiger partial charge in [0.15, 0.2) is 0 Å². The Balaban J connectivity index is 2.21. The summed E-state index contributed by atoms with van der Waals surface area (Å²) in [6.45, 7) is 5.36. The monoisotopic (exact) mass is 310 g/mol. The molecule has 1 fully saturated rings. The predicted molar refractivity (Wildman–Crippen MR) is 79.5 cm³/mol. The van der Waals surface area contributed by atoms with Gasteiger partial charge in [0, 0.05) is 35.7 Å². The van der Waals surface area contributed by atoms with Gasteiger partial charge in [-0.25, -0.2) is 0 Å². The van der Waals surface area contributed by atoms with Crippen LogP contribution >= 0.6 is 15.9 Å². The molecule has 1 aliphatic rings. The molecule has 0 bridgehead atoms. The largest absolute Gasteiger partial charge is 0.384 e. The third-order valence-electron chi connectivity index (χ3n) is 3.56. The van der Waals surface area contributed by atoms with Crippen molar-refractivity contribution in [2.75, 3.05) is 31.6 Å². The Morgan fingerprint density at radius 3 is 2.72 bits per heavy atom. The maximum Gasteiger partial charge on any atom is 0.122 e. The minimum atomic E-state index is 0.106. The summed E-state index contributed by atoms with van der Waals surface area (Å²) in [5.41, 5.74) is 7.43. The zero-order chi connectivity index (χ0) is 13.3. The van der Waals surface area contributed by atoms with Crippen LogP contribution in [0.25, 0.3) is 0 Å². The van der Waals surface area contributed by atoms with Crippen LogP contribution < -0.4 is 10.6 Å². The molecule has 1 saturated heterocycles. The van der Waals surface area contributed by atoms with Crippen LogP contribution in [0.5, 0.6) is 0 Å². The summed E-state index contributed by atoms with van der Waals surface area (Å²) in [5.74, 6) is 0.106. The minimum Gasteiger partial charge on any atom is -0.384 e. The van der Waals surface area contributed by atoms with Crippen molar-refractivity contribution in [3.05, 3.63) is 28.2 Å². The van der Waals surface area contributed by atoms with Crippen molar-refractivity contribution in [3.8, 4) is 0 Å². The number of anilines is 1. The summed E-state index contributed by atoms with van der Waals surface area (Å²) in [7, 11) is 2.16. The Bertz CT molecular complexity index is 460. The zero-order valence-electron chi connectivity index (χ0n) is 10.8. The summed E-state index contributed by atoms with van der Waals surface area (Å²) < 4.78 is 1.01. The van der Waals surface area contributed by atoms with Gasteiger partial charge in [0.1, 0.15) is 5.84 Å². The van der Waals surface area contributed by atoms with Crippen LogP contribution in [0.15, 0.2) is 22.7 Å². The summed E-state index contributed by atoms with van der Waals surface area (Å²) in [5, 5.41) is 7.44. The number of halogens is 1. The van der Waals surface area contributed by atoms with E-state index in [9.17, 15) is 0 Å². The Labute approximate surface area is 116 Å². The van der Waals surface area contributed by atoms with E-state index in [-0.39, 0.29) is 5.84 Å². The normalized spacial score (nSPS) is 21.1. The quantitative estimate of drug-likeness (QED) is 0.648. The van der Waals surface area contributed by atoms with Gasteiger partial charge in [-0.1, -0.05) is 0 Å². The first-order chi connectivity index (χ1) is 8.49. The van der Waals surface area contributed by atoms with Crippen LogP contribution in [-0.4, -0.2) is 43.5 Å². The molecule has 0 amide bonds. The third-order valence-corrected chi connectivity index (χ3v) is 4.19. The molecule has 0 spiro atoms. The van der Waals surface area contributed by atoms with Crippen LogP contribution in [0.2, 0.25) is 0 Å². The Kier molecular flexibility index (Phi) is 3.92. The van der Waals surface area contributed by atoms with Crippen LogP contribution in [0, 0.1) is 5.41 Å². The van der Waals surface area contributed by atoms with Crippen LogP contribution in [0.4, 0.5) is 5.69 Å². The molecule has 1 aromatic rings. The molecule has 0 radical (unpaired) electrons. The van der Waals surface area contributed by atoms with Crippen LogP contribution in [0.3, 0.4) is 0 Å². The summed E-state index contributed by atoms with van der Waals surface area (Å²) in [6.07, 6.45) is 0. The molecular weight excluding hydrogens is 292 g/mol. The lowest BCUT2D eigenvalue weighted by Gasteiger charge is -2.39. The van der Waals surface area contributed by atoms with E-state index in [1.807, 2.05) is 18.2 Å². The number of hydrogen-bond acceptors (Lipinski definition) is 3. The smallest absolute Gasteiger partial charge is 0.122 e. The summed E-state index contributed by atoms with van der Waals surface area (Å²) in [6, 6.07) is 6.42. The van der Waals surface area contributed by atoms with Gasteiger partial charge in [-0.15, -0.1) is 0 Å². The lowest BCUT2D eigenvalue weighted by atomic mass is 10.1. The average Bonchev–Trinajstić information content (AvgIpc) is 2.32. The van der Waals surface area contributed by atoms with E-state index >= 15 is 0 Å². The minimum absolute atomic E-state index is 0.106. The van der Waals surface area contributed by atoms with Crippen LogP contribution in [0.1, 0.15) is 12.5 Å². The Morgan fingerprint density at radius 2 is 2.17 bits per heavy atom. The second kappa shape index (κ2) is 5.28. The Morgan fingerprint density at radius 1 is 1.44 bits per heavy atom. The van der Waals surface area contributed by atoms with E-state index < -0.39 is 0 Å². The Hall–Kier alpha value is -1.07. The van der Waals surface area contributed by atoms with E-state index in [0.717, 1.165) is 29.7 Å². The molecule has 3 N–H and O–H groups in total. The molecule has 5 heteroatoms. The number of amidine groups is 1. The first-order valence-corrected chi connectivity index (χ1v) is 6.87. The van der Waals surface area contributed by atoms with Gasteiger partial charge in [0.05, 0.1) is 5.69 Å². The third kappa shape index (κ3) is 2.67. The fourth-order valence-corrected chi connectivity index (χ4v) is 2.83. The van der Waals surface area contributed by atoms with Crippen molar-refractivity contribution in [2.24, 2.45) is 5.73 Å². The molecule has 18 heavy (non-hydrogen) atoms. The highest BCUT2D eigenvalue weighted by Crippen LogP contribution is 2.28. The molecule has 1 heterocycles. The molecule has 1 aromatic carbocycles. The van der Waals surface area contributed by atoms with Crippen molar-refractivity contribution in [2.45, 2.75) is 13.0 Å². The van der Waals surface area contributed by atoms with Crippen molar-refractivity contribution in [1.82, 2.24) is 4.90 Å². The van der Waals surface area contributed by atoms with E-state index in [2.05, 4.69) is 39.7 Å². The first-order valence-electron chi connectivity index (χ1n) is 6.08. The maximum absolute atomic E-state index is 7.44. The number of likely N-dealkylation sites (N-methyl/N-ethyl adjacent to an activating group) is 1. The molecular formula is C13H19BrN4. The number of nitrogens with one attached hydrogen (secondary N) is 1. The summed E-state index contributed by atoms with van der Waals surface area (Å²) in [4.78, 5) is 4.74. The van der Waals surface area contributed by atoms with Gasteiger partial charge in [0.2, 0.25) is 0 Å². The molecule has 4 nitrogen and oxygen atoms in total. The van der Waals surface area contributed by atoms with Crippen LogP contribution in [-0.2, 0) is 0 Å². The van der Waals surface area contributed by atoms with Gasteiger partial charge in [-0.2, -0.15) is 0 Å². The van der Waals surface area contributed by atoms with Gasteiger partial charge < -0.3 is 15.5 Å². The van der Waals surface area contributed by atoms with Crippen molar-refractivity contribution < 1.29 is 0 Å². The van der Waals surface area contributed by atoms with Crippen molar-refractivity contribution in [1.29, 1.82) is 5.41 Å². The first kappa shape index (κ1) is 13.4. The SMILES string of the molecule is CC1CN(c2ccc(C(=N)N)cc2Br)CCN1C. The standard InChI is InChI=1S/C13H19BrN4/c1-9-8-18(6-5-17(9)2)12-4-3-10(13(15)16)7-11(12)14/h3-4,7,9H,5-6,8H2,1-2H3,(H3,15,16). The molecule has 0 aliphatic carbocycles. The molecule has 1 unspecified atom stereocenters. The number of nitrogens with two attached hydrogens (primary N) is 1. The van der Waals surface area contributed by atoms with Crippen molar-refractivity contribution in [3.63, 3.8) is 0 Å². The second-order valence-corrected chi connectivity index (χ2v) is 5.71.